The summed E-state index contributed by atoms with van der Waals surface area (Å²) in [5, 5.41) is 0.398. The average molecular weight is 452 g/mol. The summed E-state index contributed by atoms with van der Waals surface area (Å²) in [5.74, 6) is -0.331. The van der Waals surface area contributed by atoms with Gasteiger partial charge in [0.15, 0.2) is 0 Å². The number of rotatable bonds is 3. The van der Waals surface area contributed by atoms with Gasteiger partial charge < -0.3 is 4.90 Å². The molecule has 0 N–H and O–H groups in total. The van der Waals surface area contributed by atoms with Crippen LogP contribution in [0.15, 0.2) is 70.5 Å². The summed E-state index contributed by atoms with van der Waals surface area (Å²) in [5.41, 5.74) is 4.00. The van der Waals surface area contributed by atoms with E-state index in [9.17, 15) is 4.39 Å². The summed E-state index contributed by atoms with van der Waals surface area (Å²) in [6.45, 7) is 6.86. The van der Waals surface area contributed by atoms with Crippen molar-refractivity contribution in [1.29, 1.82) is 0 Å². The topological polar surface area (TPSA) is 3.24 Å². The lowest BCUT2D eigenvalue weighted by atomic mass is 9.94. The molecule has 0 saturated carbocycles. The fourth-order valence-electron chi connectivity index (χ4n) is 2.87. The molecule has 0 radical (unpaired) electrons. The second-order valence-electron chi connectivity index (χ2n) is 5.41. The Morgan fingerprint density at radius 3 is 2.46 bits per heavy atom. The number of hydrogen-bond donors (Lipinski definition) is 0. The maximum Gasteiger partial charge on any atom is 0.134 e. The van der Waals surface area contributed by atoms with Crippen LogP contribution in [0.25, 0.3) is 11.3 Å². The van der Waals surface area contributed by atoms with Crippen LogP contribution in [-0.2, 0) is 0 Å². The molecule has 0 bridgehead atoms. The van der Waals surface area contributed by atoms with Crippen molar-refractivity contribution in [1.82, 2.24) is 4.90 Å². The van der Waals surface area contributed by atoms with E-state index in [1.165, 1.54) is 6.07 Å². The Hall–Kier alpha value is -1.59. The molecule has 1 aliphatic heterocycles. The molecule has 0 spiro atoms. The summed E-state index contributed by atoms with van der Waals surface area (Å²) in [7, 11) is 0. The van der Waals surface area contributed by atoms with E-state index in [0.717, 1.165) is 26.1 Å². The van der Waals surface area contributed by atoms with E-state index in [1.54, 1.807) is 12.1 Å². The summed E-state index contributed by atoms with van der Waals surface area (Å²) < 4.78 is 15.7. The van der Waals surface area contributed by atoms with Crippen molar-refractivity contribution in [2.75, 3.05) is 6.54 Å². The summed E-state index contributed by atoms with van der Waals surface area (Å²) >= 11 is 8.64. The third-order valence-electron chi connectivity index (χ3n) is 4.00. The number of nitrogens with zero attached hydrogens (tertiary/aromatic N) is 1. The van der Waals surface area contributed by atoms with Gasteiger partial charge in [0.2, 0.25) is 0 Å². The van der Waals surface area contributed by atoms with Crippen LogP contribution < -0.4 is 0 Å². The zero-order chi connectivity index (χ0) is 17.3. The first-order valence-corrected chi connectivity index (χ1v) is 9.08. The lowest BCUT2D eigenvalue weighted by molar-refractivity contribution is 0.523. The van der Waals surface area contributed by atoms with E-state index in [2.05, 4.69) is 29.2 Å². The predicted molar refractivity (Wildman–Crippen MR) is 108 cm³/mol. The third-order valence-corrected chi connectivity index (χ3v) is 5.25. The summed E-state index contributed by atoms with van der Waals surface area (Å²) in [6, 6.07) is 14.7. The highest BCUT2D eigenvalue weighted by molar-refractivity contribution is 14.1. The molecule has 1 heterocycles. The molecule has 24 heavy (non-hydrogen) atoms. The van der Waals surface area contributed by atoms with Gasteiger partial charge in [-0.25, -0.2) is 4.39 Å². The molecule has 0 aromatic heterocycles. The predicted octanol–water partition coefficient (Wildman–Crippen LogP) is 6.52. The molecule has 1 nitrogen and oxygen atoms in total. The lowest BCUT2D eigenvalue weighted by Gasteiger charge is -2.34. The van der Waals surface area contributed by atoms with Gasteiger partial charge in [0.25, 0.3) is 0 Å². The molecular formula is C20H16ClFIN. The average Bonchev–Trinajstić information content (AvgIpc) is 2.58. The van der Waals surface area contributed by atoms with Crippen molar-refractivity contribution < 1.29 is 4.39 Å². The molecule has 4 heteroatoms. The third kappa shape index (κ3) is 3.03. The minimum atomic E-state index is -0.331. The highest BCUT2D eigenvalue weighted by Gasteiger charge is 2.27. The van der Waals surface area contributed by atoms with Crippen LogP contribution in [0.4, 0.5) is 4.39 Å². The monoisotopic (exact) mass is 451 g/mol. The molecule has 122 valence electrons. The minimum absolute atomic E-state index is 0.331. The number of halogens is 3. The van der Waals surface area contributed by atoms with Gasteiger partial charge in [0.05, 0.1) is 16.3 Å². The van der Waals surface area contributed by atoms with Gasteiger partial charge in [0.1, 0.15) is 5.82 Å². The van der Waals surface area contributed by atoms with Crippen LogP contribution in [0, 0.1) is 5.82 Å². The Bertz CT molecular complexity index is 835. The lowest BCUT2D eigenvalue weighted by Crippen LogP contribution is -2.25. The Labute approximate surface area is 160 Å². The van der Waals surface area contributed by atoms with Gasteiger partial charge in [0, 0.05) is 21.4 Å². The van der Waals surface area contributed by atoms with Crippen molar-refractivity contribution in [2.24, 2.45) is 0 Å². The minimum Gasteiger partial charge on any atom is -0.340 e. The Balaban J connectivity index is 2.37. The number of likely N-dealkylation sites (N-methyl/N-ethyl adjacent to an activating group) is 1. The van der Waals surface area contributed by atoms with Gasteiger partial charge >= 0.3 is 0 Å². The molecule has 0 unspecified atom stereocenters. The first-order valence-electron chi connectivity index (χ1n) is 7.62. The molecule has 1 aliphatic rings. The van der Waals surface area contributed by atoms with Crippen molar-refractivity contribution in [2.45, 2.75) is 6.92 Å². The Morgan fingerprint density at radius 1 is 1.12 bits per heavy atom. The molecule has 0 fully saturated rings. The van der Waals surface area contributed by atoms with Crippen LogP contribution in [0.2, 0.25) is 5.02 Å². The van der Waals surface area contributed by atoms with Crippen LogP contribution in [0.3, 0.4) is 0 Å². The highest BCUT2D eigenvalue weighted by atomic mass is 127. The second kappa shape index (κ2) is 7.11. The molecular weight excluding hydrogens is 436 g/mol. The van der Waals surface area contributed by atoms with Crippen molar-refractivity contribution in [3.8, 4) is 0 Å². The number of hydrogen-bond acceptors (Lipinski definition) is 1. The molecule has 2 aromatic rings. The van der Waals surface area contributed by atoms with Crippen molar-refractivity contribution in [3.05, 3.63) is 92.4 Å². The Kier molecular flexibility index (Phi) is 5.11. The zero-order valence-electron chi connectivity index (χ0n) is 13.2. The summed E-state index contributed by atoms with van der Waals surface area (Å²) in [6.07, 6.45) is 2.04. The largest absolute Gasteiger partial charge is 0.340 e. The van der Waals surface area contributed by atoms with E-state index in [1.807, 2.05) is 48.2 Å². The maximum absolute atomic E-state index is 14.7. The molecule has 0 aliphatic carbocycles. The normalized spacial score (nSPS) is 14.9. The quantitative estimate of drug-likeness (QED) is 0.481. The van der Waals surface area contributed by atoms with Crippen molar-refractivity contribution in [3.63, 3.8) is 0 Å². The Morgan fingerprint density at radius 2 is 1.83 bits per heavy atom. The van der Waals surface area contributed by atoms with E-state index >= 15 is 0 Å². The molecule has 0 atom stereocenters. The van der Waals surface area contributed by atoms with Crippen molar-refractivity contribution >= 4 is 45.5 Å². The van der Waals surface area contributed by atoms with Crippen LogP contribution >= 0.6 is 34.2 Å². The zero-order valence-corrected chi connectivity index (χ0v) is 16.1. The summed E-state index contributed by atoms with van der Waals surface area (Å²) in [4.78, 5) is 2.02. The van der Waals surface area contributed by atoms with E-state index in [0.29, 0.717) is 17.1 Å². The van der Waals surface area contributed by atoms with Gasteiger partial charge in [-0.05, 0) is 53.3 Å². The fraction of sp³-hybridized carbons (Fsp3) is 0.100. The number of benzene rings is 2. The van der Waals surface area contributed by atoms with Crippen LogP contribution in [0.1, 0.15) is 18.1 Å². The molecule has 2 aromatic carbocycles. The molecule has 0 amide bonds. The molecule has 0 saturated heterocycles. The van der Waals surface area contributed by atoms with Crippen LogP contribution in [-0.4, -0.2) is 11.4 Å². The van der Waals surface area contributed by atoms with Gasteiger partial charge in [-0.15, -0.1) is 0 Å². The van der Waals surface area contributed by atoms with Crippen LogP contribution in [0.5, 0.6) is 0 Å². The van der Waals surface area contributed by atoms with E-state index in [4.69, 9.17) is 11.6 Å². The standard InChI is InChI=1S/C20H16ClFIN/c1-3-24-13(2)18(23)12-15(14-8-5-4-6-9-14)20(24)19-16(21)10-7-11-17(19)22/h4-12H,2-3H2,1H3. The smallest absolute Gasteiger partial charge is 0.134 e. The maximum atomic E-state index is 14.7. The van der Waals surface area contributed by atoms with Gasteiger partial charge in [-0.1, -0.05) is 54.6 Å². The highest BCUT2D eigenvalue weighted by Crippen LogP contribution is 2.43. The molecule has 3 rings (SSSR count). The van der Waals surface area contributed by atoms with E-state index in [-0.39, 0.29) is 5.82 Å². The number of allylic oxidation sites excluding steroid dienone is 3. The van der Waals surface area contributed by atoms with Gasteiger partial charge in [-0.3, -0.25) is 0 Å². The van der Waals surface area contributed by atoms with E-state index < -0.39 is 0 Å². The van der Waals surface area contributed by atoms with Gasteiger partial charge in [-0.2, -0.15) is 0 Å². The first kappa shape index (κ1) is 17.2. The SMILES string of the molecule is C=C1C(I)=CC(c2ccccc2)=C(c2c(F)cccc2Cl)N1CC. The second-order valence-corrected chi connectivity index (χ2v) is 6.98. The first-order chi connectivity index (χ1) is 11.5. The fourth-order valence-corrected chi connectivity index (χ4v) is 3.72.